The van der Waals surface area contributed by atoms with E-state index in [1.807, 2.05) is 4.90 Å². The second-order valence-electron chi connectivity index (χ2n) is 8.61. The van der Waals surface area contributed by atoms with E-state index >= 15 is 0 Å². The molecule has 1 aliphatic heterocycles. The molecule has 0 aromatic rings. The Morgan fingerprint density at radius 3 is 2.15 bits per heavy atom. The Kier molecular flexibility index (Phi) is 8.24. The van der Waals surface area contributed by atoms with Gasteiger partial charge in [0.1, 0.15) is 6.04 Å². The van der Waals surface area contributed by atoms with Gasteiger partial charge in [-0.05, 0) is 31.1 Å². The van der Waals surface area contributed by atoms with Gasteiger partial charge in [-0.3, -0.25) is 4.79 Å². The van der Waals surface area contributed by atoms with Gasteiger partial charge in [-0.15, -0.1) is 0 Å². The molecule has 1 heterocycles. The molecule has 0 unspecified atom stereocenters. The predicted octanol–water partition coefficient (Wildman–Crippen LogP) is 3.06. The average molecular weight is 380 g/mol. The highest BCUT2D eigenvalue weighted by atomic mass is 16.5. The van der Waals surface area contributed by atoms with Gasteiger partial charge in [0.05, 0.1) is 6.61 Å². The number of alkyl carbamates (subject to hydrolysis) is 1. The molecule has 27 heavy (non-hydrogen) atoms. The van der Waals surface area contributed by atoms with Gasteiger partial charge in [0, 0.05) is 26.2 Å². The maximum Gasteiger partial charge on any atom is 0.407 e. The van der Waals surface area contributed by atoms with E-state index in [-0.39, 0.29) is 5.91 Å². The number of ether oxygens (including phenoxy) is 1. The number of carbonyl (C=O) groups excluding carboxylic acids is 2. The van der Waals surface area contributed by atoms with E-state index in [2.05, 4.69) is 10.6 Å². The largest absolute Gasteiger partial charge is 0.449 e. The van der Waals surface area contributed by atoms with Gasteiger partial charge in [-0.2, -0.15) is 0 Å². The topological polar surface area (TPSA) is 70.7 Å². The van der Waals surface area contributed by atoms with Crippen molar-refractivity contribution in [2.75, 3.05) is 32.8 Å². The molecule has 154 valence electrons. The van der Waals surface area contributed by atoms with Crippen LogP contribution in [0.4, 0.5) is 4.79 Å². The smallest absolute Gasteiger partial charge is 0.407 e. The Morgan fingerprint density at radius 1 is 0.926 bits per heavy atom. The van der Waals surface area contributed by atoms with Crippen molar-refractivity contribution in [3.63, 3.8) is 0 Å². The molecule has 0 aromatic heterocycles. The number of hydrogen-bond acceptors (Lipinski definition) is 4. The first kappa shape index (κ1) is 20.4. The van der Waals surface area contributed by atoms with Crippen LogP contribution in [0.15, 0.2) is 0 Å². The van der Waals surface area contributed by atoms with Crippen LogP contribution in [-0.2, 0) is 9.53 Å². The molecule has 0 radical (unpaired) electrons. The van der Waals surface area contributed by atoms with Crippen molar-refractivity contribution < 1.29 is 14.3 Å². The predicted molar refractivity (Wildman–Crippen MR) is 105 cm³/mol. The second-order valence-corrected chi connectivity index (χ2v) is 8.61. The average Bonchev–Trinajstić information content (AvgIpc) is 2.73. The summed E-state index contributed by atoms with van der Waals surface area (Å²) < 4.78 is 5.51. The fourth-order valence-corrected chi connectivity index (χ4v) is 4.81. The van der Waals surface area contributed by atoms with E-state index in [4.69, 9.17) is 4.74 Å². The van der Waals surface area contributed by atoms with Crippen LogP contribution >= 0.6 is 0 Å². The Morgan fingerprint density at radius 2 is 1.52 bits per heavy atom. The molecule has 1 atom stereocenters. The van der Waals surface area contributed by atoms with Gasteiger partial charge < -0.3 is 20.3 Å². The number of nitrogens with zero attached hydrogens (tertiary/aromatic N) is 1. The first-order chi connectivity index (χ1) is 13.2. The standard InChI is InChI=1S/C21H37N3O3/c25-20(24-13-11-22-12-14-24)19(15-17-7-3-1-4-8-17)23-21(26)27-16-18-9-5-2-6-10-18/h17-19,22H,1-16H2,(H,23,26)/t19-/m1/s1. The van der Waals surface area contributed by atoms with Crippen molar-refractivity contribution in [2.24, 2.45) is 11.8 Å². The van der Waals surface area contributed by atoms with E-state index < -0.39 is 12.1 Å². The van der Waals surface area contributed by atoms with Crippen LogP contribution in [0, 0.1) is 11.8 Å². The van der Waals surface area contributed by atoms with Crippen molar-refractivity contribution in [2.45, 2.75) is 76.7 Å². The van der Waals surface area contributed by atoms with Crippen LogP contribution in [0.5, 0.6) is 0 Å². The molecule has 6 heteroatoms. The van der Waals surface area contributed by atoms with Gasteiger partial charge in [0.15, 0.2) is 0 Å². The van der Waals surface area contributed by atoms with E-state index in [9.17, 15) is 9.59 Å². The zero-order valence-electron chi connectivity index (χ0n) is 16.7. The van der Waals surface area contributed by atoms with Gasteiger partial charge in [-0.25, -0.2) is 4.79 Å². The first-order valence-electron chi connectivity index (χ1n) is 11.1. The minimum Gasteiger partial charge on any atom is -0.449 e. The van der Waals surface area contributed by atoms with Crippen LogP contribution in [0.2, 0.25) is 0 Å². The lowest BCUT2D eigenvalue weighted by molar-refractivity contribution is -0.134. The summed E-state index contributed by atoms with van der Waals surface area (Å²) in [6.45, 7) is 3.59. The molecular formula is C21H37N3O3. The SMILES string of the molecule is O=C(N[C@H](CC1CCCCC1)C(=O)N1CCNCC1)OCC1CCCCC1. The van der Waals surface area contributed by atoms with Crippen LogP contribution in [0.3, 0.4) is 0 Å². The quantitative estimate of drug-likeness (QED) is 0.744. The first-order valence-corrected chi connectivity index (χ1v) is 11.1. The molecule has 3 rings (SSSR count). The third kappa shape index (κ3) is 6.66. The fourth-order valence-electron chi connectivity index (χ4n) is 4.81. The summed E-state index contributed by atoms with van der Waals surface area (Å²) in [7, 11) is 0. The summed E-state index contributed by atoms with van der Waals surface area (Å²) in [6.07, 6.45) is 12.5. The number of rotatable bonds is 6. The van der Waals surface area contributed by atoms with Crippen LogP contribution in [0.25, 0.3) is 0 Å². The molecule has 0 bridgehead atoms. The second kappa shape index (κ2) is 10.9. The van der Waals surface area contributed by atoms with E-state index in [1.165, 1.54) is 51.4 Å². The highest BCUT2D eigenvalue weighted by molar-refractivity contribution is 5.85. The minimum atomic E-state index is -0.440. The zero-order chi connectivity index (χ0) is 18.9. The van der Waals surface area contributed by atoms with Crippen molar-refractivity contribution >= 4 is 12.0 Å². The number of carbonyl (C=O) groups is 2. The Labute approximate surface area is 163 Å². The van der Waals surface area contributed by atoms with Crippen LogP contribution in [0.1, 0.15) is 70.6 Å². The number of piperazine rings is 1. The lowest BCUT2D eigenvalue weighted by Gasteiger charge is -2.33. The monoisotopic (exact) mass is 379 g/mol. The van der Waals surface area contributed by atoms with E-state index in [1.54, 1.807) is 0 Å². The van der Waals surface area contributed by atoms with E-state index in [0.29, 0.717) is 18.4 Å². The molecule has 0 aromatic carbocycles. The van der Waals surface area contributed by atoms with Crippen molar-refractivity contribution in [1.82, 2.24) is 15.5 Å². The molecule has 1 saturated heterocycles. The zero-order valence-corrected chi connectivity index (χ0v) is 16.7. The van der Waals surface area contributed by atoms with Crippen molar-refractivity contribution in [3.05, 3.63) is 0 Å². The highest BCUT2D eigenvalue weighted by Crippen LogP contribution is 2.28. The molecule has 2 N–H and O–H groups in total. The molecular weight excluding hydrogens is 342 g/mol. The van der Waals surface area contributed by atoms with Crippen molar-refractivity contribution in [3.8, 4) is 0 Å². The lowest BCUT2D eigenvalue weighted by atomic mass is 9.84. The highest BCUT2D eigenvalue weighted by Gasteiger charge is 2.30. The summed E-state index contributed by atoms with van der Waals surface area (Å²) >= 11 is 0. The molecule has 3 aliphatic rings. The minimum absolute atomic E-state index is 0.0664. The summed E-state index contributed by atoms with van der Waals surface area (Å²) in [5.74, 6) is 1.09. The Balaban J connectivity index is 1.52. The third-order valence-electron chi connectivity index (χ3n) is 6.49. The van der Waals surface area contributed by atoms with Crippen LogP contribution in [-0.4, -0.2) is 55.7 Å². The normalized spacial score (nSPS) is 23.6. The molecule has 2 aliphatic carbocycles. The maximum atomic E-state index is 13.0. The molecule has 3 fully saturated rings. The third-order valence-corrected chi connectivity index (χ3v) is 6.49. The molecule has 6 nitrogen and oxygen atoms in total. The van der Waals surface area contributed by atoms with Gasteiger partial charge in [0.2, 0.25) is 5.91 Å². The summed E-state index contributed by atoms with van der Waals surface area (Å²) in [5.41, 5.74) is 0. The molecule has 2 amide bonds. The van der Waals surface area contributed by atoms with E-state index in [0.717, 1.165) is 45.4 Å². The summed E-state index contributed by atoms with van der Waals surface area (Å²) in [5, 5.41) is 6.21. The summed E-state index contributed by atoms with van der Waals surface area (Å²) in [4.78, 5) is 27.3. The number of amides is 2. The maximum absolute atomic E-state index is 13.0. The lowest BCUT2D eigenvalue weighted by Crippen LogP contribution is -2.54. The molecule has 2 saturated carbocycles. The fraction of sp³-hybridized carbons (Fsp3) is 0.905. The Hall–Kier alpha value is -1.30. The number of hydrogen-bond donors (Lipinski definition) is 2. The van der Waals surface area contributed by atoms with Crippen molar-refractivity contribution in [1.29, 1.82) is 0 Å². The van der Waals surface area contributed by atoms with Gasteiger partial charge in [0.25, 0.3) is 0 Å². The van der Waals surface area contributed by atoms with Crippen LogP contribution < -0.4 is 10.6 Å². The number of nitrogens with one attached hydrogen (secondary N) is 2. The van der Waals surface area contributed by atoms with Gasteiger partial charge >= 0.3 is 6.09 Å². The Bertz CT molecular complexity index is 467. The van der Waals surface area contributed by atoms with Gasteiger partial charge in [-0.1, -0.05) is 51.4 Å². The summed E-state index contributed by atoms with van der Waals surface area (Å²) in [6, 6.07) is -0.440. The molecule has 0 spiro atoms.